The molecule has 0 saturated carbocycles. The van der Waals surface area contributed by atoms with Crippen LogP contribution in [-0.4, -0.2) is 36.2 Å². The van der Waals surface area contributed by atoms with Gasteiger partial charge in [0.25, 0.3) is 0 Å². The van der Waals surface area contributed by atoms with Crippen LogP contribution in [0.25, 0.3) is 0 Å². The number of aromatic carboxylic acids is 1. The van der Waals surface area contributed by atoms with Gasteiger partial charge in [0.2, 0.25) is 0 Å². The lowest BCUT2D eigenvalue weighted by Gasteiger charge is -2.15. The van der Waals surface area contributed by atoms with Gasteiger partial charge in [-0.05, 0) is 42.5 Å². The SMILES string of the molecule is CCCCOC(=O)c1cc(C(=O)O)cc(Cc2ccccc2)c1C(=O)OCCCC. The zero-order valence-electron chi connectivity index (χ0n) is 17.5. The van der Waals surface area contributed by atoms with E-state index in [0.29, 0.717) is 18.4 Å². The van der Waals surface area contributed by atoms with Gasteiger partial charge in [-0.2, -0.15) is 0 Å². The van der Waals surface area contributed by atoms with E-state index in [-0.39, 0.29) is 36.3 Å². The average Bonchev–Trinajstić information content (AvgIpc) is 2.74. The highest BCUT2D eigenvalue weighted by Crippen LogP contribution is 2.24. The van der Waals surface area contributed by atoms with Crippen LogP contribution in [-0.2, 0) is 15.9 Å². The summed E-state index contributed by atoms with van der Waals surface area (Å²) in [4.78, 5) is 37.3. The first-order chi connectivity index (χ1) is 14.5. The number of rotatable bonds is 11. The minimum Gasteiger partial charge on any atom is -0.478 e. The van der Waals surface area contributed by atoms with E-state index < -0.39 is 17.9 Å². The number of hydrogen-bond acceptors (Lipinski definition) is 5. The first-order valence-electron chi connectivity index (χ1n) is 10.3. The van der Waals surface area contributed by atoms with Crippen LogP contribution in [0.4, 0.5) is 0 Å². The predicted octanol–water partition coefficient (Wildman–Crippen LogP) is 4.89. The van der Waals surface area contributed by atoms with E-state index in [1.54, 1.807) is 0 Å². The average molecular weight is 412 g/mol. The molecule has 0 aromatic heterocycles. The second kappa shape index (κ2) is 11.8. The number of carboxylic acids is 1. The maximum absolute atomic E-state index is 12.9. The monoisotopic (exact) mass is 412 g/mol. The fraction of sp³-hybridized carbons (Fsp3) is 0.375. The largest absolute Gasteiger partial charge is 0.478 e. The van der Waals surface area contributed by atoms with Crippen molar-refractivity contribution in [1.29, 1.82) is 0 Å². The topological polar surface area (TPSA) is 89.9 Å². The third kappa shape index (κ3) is 6.44. The summed E-state index contributed by atoms with van der Waals surface area (Å²) in [6.07, 6.45) is 3.36. The Kier molecular flexibility index (Phi) is 9.06. The molecule has 0 amide bonds. The summed E-state index contributed by atoms with van der Waals surface area (Å²) in [6, 6.07) is 12.0. The maximum Gasteiger partial charge on any atom is 0.339 e. The summed E-state index contributed by atoms with van der Waals surface area (Å²) < 4.78 is 10.7. The molecule has 0 aliphatic heterocycles. The minimum absolute atomic E-state index is 0.0708. The van der Waals surface area contributed by atoms with Crippen molar-refractivity contribution in [2.24, 2.45) is 0 Å². The smallest absolute Gasteiger partial charge is 0.339 e. The molecule has 2 rings (SSSR count). The summed E-state index contributed by atoms with van der Waals surface area (Å²) in [6.45, 7) is 4.37. The van der Waals surface area contributed by atoms with E-state index >= 15 is 0 Å². The van der Waals surface area contributed by atoms with Crippen LogP contribution in [0.15, 0.2) is 42.5 Å². The van der Waals surface area contributed by atoms with Gasteiger partial charge in [0.15, 0.2) is 0 Å². The van der Waals surface area contributed by atoms with E-state index in [2.05, 4.69) is 0 Å². The summed E-state index contributed by atoms with van der Waals surface area (Å²) in [7, 11) is 0. The molecule has 0 radical (unpaired) electrons. The van der Waals surface area contributed by atoms with E-state index in [1.807, 2.05) is 44.2 Å². The number of carbonyl (C=O) groups excluding carboxylic acids is 2. The van der Waals surface area contributed by atoms with E-state index in [4.69, 9.17) is 9.47 Å². The van der Waals surface area contributed by atoms with Crippen molar-refractivity contribution in [3.05, 3.63) is 70.3 Å². The Labute approximate surface area is 176 Å². The Morgan fingerprint density at radius 2 is 1.47 bits per heavy atom. The number of ether oxygens (including phenoxy) is 2. The lowest BCUT2D eigenvalue weighted by molar-refractivity contribution is 0.0451. The molecular weight excluding hydrogens is 384 g/mol. The molecule has 0 atom stereocenters. The Morgan fingerprint density at radius 3 is 2.03 bits per heavy atom. The van der Waals surface area contributed by atoms with Crippen molar-refractivity contribution in [2.75, 3.05) is 13.2 Å². The Balaban J connectivity index is 2.53. The predicted molar refractivity (Wildman–Crippen MR) is 113 cm³/mol. The molecule has 2 aromatic carbocycles. The van der Waals surface area contributed by atoms with Gasteiger partial charge in [0.05, 0.1) is 29.9 Å². The van der Waals surface area contributed by atoms with Gasteiger partial charge in [-0.3, -0.25) is 0 Å². The van der Waals surface area contributed by atoms with Crippen molar-refractivity contribution in [3.8, 4) is 0 Å². The van der Waals surface area contributed by atoms with Gasteiger partial charge in [0.1, 0.15) is 0 Å². The number of carboxylic acid groups (broad SMARTS) is 1. The molecule has 0 aliphatic carbocycles. The zero-order valence-corrected chi connectivity index (χ0v) is 17.5. The van der Waals surface area contributed by atoms with E-state index in [9.17, 15) is 19.5 Å². The van der Waals surface area contributed by atoms with Gasteiger partial charge in [-0.15, -0.1) is 0 Å². The standard InChI is InChI=1S/C24H28O6/c1-3-5-12-29-23(27)20-16-19(22(25)26)15-18(14-17-10-8-7-9-11-17)21(20)24(28)30-13-6-4-2/h7-11,15-16H,3-6,12-14H2,1-2H3,(H,25,26). The highest BCUT2D eigenvalue weighted by Gasteiger charge is 2.26. The quantitative estimate of drug-likeness (QED) is 0.417. The van der Waals surface area contributed by atoms with Crippen LogP contribution in [0, 0.1) is 0 Å². The number of benzene rings is 2. The fourth-order valence-corrected chi connectivity index (χ4v) is 2.95. The van der Waals surface area contributed by atoms with Crippen molar-refractivity contribution < 1.29 is 29.0 Å². The minimum atomic E-state index is -1.18. The lowest BCUT2D eigenvalue weighted by atomic mass is 9.93. The summed E-state index contributed by atoms with van der Waals surface area (Å²) in [5, 5.41) is 9.53. The van der Waals surface area contributed by atoms with Gasteiger partial charge >= 0.3 is 17.9 Å². The number of hydrogen-bond donors (Lipinski definition) is 1. The molecule has 30 heavy (non-hydrogen) atoms. The van der Waals surface area contributed by atoms with Gasteiger partial charge < -0.3 is 14.6 Å². The van der Waals surface area contributed by atoms with Crippen molar-refractivity contribution in [1.82, 2.24) is 0 Å². The van der Waals surface area contributed by atoms with Crippen LogP contribution < -0.4 is 0 Å². The maximum atomic E-state index is 12.9. The molecule has 6 heteroatoms. The Hall–Kier alpha value is -3.15. The molecule has 160 valence electrons. The molecular formula is C24H28O6. The normalized spacial score (nSPS) is 10.5. The molecule has 6 nitrogen and oxygen atoms in total. The second-order valence-corrected chi connectivity index (χ2v) is 7.00. The molecule has 0 aliphatic rings. The van der Waals surface area contributed by atoms with Crippen LogP contribution >= 0.6 is 0 Å². The summed E-state index contributed by atoms with van der Waals surface area (Å²) >= 11 is 0. The first-order valence-corrected chi connectivity index (χ1v) is 10.3. The Bertz CT molecular complexity index is 873. The number of carbonyl (C=O) groups is 3. The lowest BCUT2D eigenvalue weighted by Crippen LogP contribution is -2.19. The van der Waals surface area contributed by atoms with Crippen LogP contribution in [0.1, 0.15) is 81.7 Å². The number of esters is 2. The highest BCUT2D eigenvalue weighted by atomic mass is 16.5. The molecule has 2 aromatic rings. The number of unbranched alkanes of at least 4 members (excludes halogenated alkanes) is 2. The van der Waals surface area contributed by atoms with Crippen LogP contribution in [0.2, 0.25) is 0 Å². The van der Waals surface area contributed by atoms with Gasteiger partial charge in [-0.25, -0.2) is 14.4 Å². The molecule has 0 bridgehead atoms. The second-order valence-electron chi connectivity index (χ2n) is 7.00. The zero-order chi connectivity index (χ0) is 21.9. The summed E-state index contributed by atoms with van der Waals surface area (Å²) in [5.41, 5.74) is 1.23. The van der Waals surface area contributed by atoms with Crippen LogP contribution in [0.5, 0.6) is 0 Å². The van der Waals surface area contributed by atoms with Crippen molar-refractivity contribution >= 4 is 17.9 Å². The molecule has 0 fully saturated rings. The van der Waals surface area contributed by atoms with E-state index in [1.165, 1.54) is 12.1 Å². The van der Waals surface area contributed by atoms with Crippen molar-refractivity contribution in [2.45, 2.75) is 46.0 Å². The first kappa shape index (κ1) is 23.1. The molecule has 1 N–H and O–H groups in total. The van der Waals surface area contributed by atoms with Crippen LogP contribution in [0.3, 0.4) is 0 Å². The van der Waals surface area contributed by atoms with Gasteiger partial charge in [-0.1, -0.05) is 57.0 Å². The molecule has 0 unspecified atom stereocenters. The molecule has 0 spiro atoms. The summed E-state index contributed by atoms with van der Waals surface area (Å²) in [5.74, 6) is -2.55. The molecule has 0 saturated heterocycles. The fourth-order valence-electron chi connectivity index (χ4n) is 2.95. The van der Waals surface area contributed by atoms with Crippen molar-refractivity contribution in [3.63, 3.8) is 0 Å². The molecule has 0 heterocycles. The third-order valence-corrected chi connectivity index (χ3v) is 4.59. The highest BCUT2D eigenvalue weighted by molar-refractivity contribution is 6.06. The van der Waals surface area contributed by atoms with Gasteiger partial charge in [0, 0.05) is 0 Å². The van der Waals surface area contributed by atoms with E-state index in [0.717, 1.165) is 18.4 Å². The Morgan fingerprint density at radius 1 is 0.867 bits per heavy atom. The third-order valence-electron chi connectivity index (χ3n) is 4.59.